The summed E-state index contributed by atoms with van der Waals surface area (Å²) in [4.78, 5) is 4.24. The van der Waals surface area contributed by atoms with Gasteiger partial charge in [-0.05, 0) is 0 Å². The lowest BCUT2D eigenvalue weighted by Crippen LogP contribution is -2.29. The fourth-order valence-corrected chi connectivity index (χ4v) is 0.317. The van der Waals surface area contributed by atoms with Gasteiger partial charge in [0.25, 0.3) is 0 Å². The highest BCUT2D eigenvalue weighted by Gasteiger charge is 2.29. The van der Waals surface area contributed by atoms with Crippen LogP contribution in [-0.2, 0) is 4.84 Å². The maximum absolute atomic E-state index is 11.4. The first-order valence-electron chi connectivity index (χ1n) is 2.27. The predicted molar refractivity (Wildman–Crippen MR) is 25.7 cm³/mol. The smallest absolute Gasteiger partial charge is 0.302 e. The molecule has 5 heteroatoms. The van der Waals surface area contributed by atoms with Crippen LogP contribution in [0.4, 0.5) is 13.2 Å². The van der Waals surface area contributed by atoms with E-state index < -0.39 is 12.7 Å². The summed E-state index contributed by atoms with van der Waals surface area (Å²) >= 11 is 0. The predicted octanol–water partition coefficient (Wildman–Crippen LogP) is 1.04. The number of nitrogens with zero attached hydrogens (tertiary/aromatic N) is 1. The van der Waals surface area contributed by atoms with Crippen molar-refractivity contribution in [2.45, 2.75) is 6.18 Å². The van der Waals surface area contributed by atoms with Crippen LogP contribution in [0.1, 0.15) is 0 Å². The van der Waals surface area contributed by atoms with E-state index in [0.29, 0.717) is 5.06 Å². The van der Waals surface area contributed by atoms with Gasteiger partial charge in [-0.2, -0.15) is 18.2 Å². The van der Waals surface area contributed by atoms with Crippen molar-refractivity contribution >= 4 is 0 Å². The summed E-state index contributed by atoms with van der Waals surface area (Å²) in [6.07, 6.45) is -4.18. The van der Waals surface area contributed by atoms with Crippen LogP contribution < -0.4 is 0 Å². The molecule has 0 bridgehead atoms. The van der Waals surface area contributed by atoms with Gasteiger partial charge in [0.1, 0.15) is 6.54 Å². The molecular formula is C4H8F3NO. The summed E-state index contributed by atoms with van der Waals surface area (Å²) in [5.41, 5.74) is 0. The Hall–Kier alpha value is -0.290. The van der Waals surface area contributed by atoms with Crippen molar-refractivity contribution in [3.63, 3.8) is 0 Å². The molecule has 0 N–H and O–H groups in total. The molecule has 0 aliphatic heterocycles. The molecule has 2 nitrogen and oxygen atoms in total. The van der Waals surface area contributed by atoms with E-state index in [2.05, 4.69) is 4.84 Å². The van der Waals surface area contributed by atoms with Gasteiger partial charge in [-0.1, -0.05) is 0 Å². The largest absolute Gasteiger partial charge is 0.403 e. The van der Waals surface area contributed by atoms with Gasteiger partial charge in [0.05, 0.1) is 7.11 Å². The lowest BCUT2D eigenvalue weighted by atomic mass is 10.6. The Kier molecular flexibility index (Phi) is 2.93. The summed E-state index contributed by atoms with van der Waals surface area (Å²) in [5.74, 6) is 0. The Balaban J connectivity index is 3.47. The van der Waals surface area contributed by atoms with Crippen molar-refractivity contribution in [2.75, 3.05) is 20.7 Å². The van der Waals surface area contributed by atoms with E-state index in [1.807, 2.05) is 0 Å². The number of hydrogen-bond acceptors (Lipinski definition) is 2. The molecule has 0 atom stereocenters. The Bertz CT molecular complexity index is 82.4. The molecule has 0 aliphatic carbocycles. The van der Waals surface area contributed by atoms with Gasteiger partial charge in [0, 0.05) is 7.05 Å². The second-order valence-electron chi connectivity index (χ2n) is 1.58. The van der Waals surface area contributed by atoms with Crippen LogP contribution in [0.3, 0.4) is 0 Å². The van der Waals surface area contributed by atoms with Crippen LogP contribution in [0.2, 0.25) is 0 Å². The number of hydrogen-bond donors (Lipinski definition) is 0. The molecule has 0 aromatic heterocycles. The Morgan fingerprint density at radius 2 is 1.89 bits per heavy atom. The topological polar surface area (TPSA) is 12.5 Å². The van der Waals surface area contributed by atoms with Gasteiger partial charge in [-0.15, -0.1) is 0 Å². The number of rotatable bonds is 2. The highest BCUT2D eigenvalue weighted by molar-refractivity contribution is 4.49. The van der Waals surface area contributed by atoms with Crippen molar-refractivity contribution in [3.05, 3.63) is 0 Å². The van der Waals surface area contributed by atoms with E-state index in [1.54, 1.807) is 0 Å². The lowest BCUT2D eigenvalue weighted by molar-refractivity contribution is -0.212. The first kappa shape index (κ1) is 8.71. The average molecular weight is 143 g/mol. The monoisotopic (exact) mass is 143 g/mol. The lowest BCUT2D eigenvalue weighted by Gasteiger charge is -2.14. The third-order valence-electron chi connectivity index (χ3n) is 0.714. The summed E-state index contributed by atoms with van der Waals surface area (Å²) in [6.45, 7) is -1.04. The summed E-state index contributed by atoms with van der Waals surface area (Å²) < 4.78 is 34.1. The average Bonchev–Trinajstić information content (AvgIpc) is 1.62. The molecule has 0 aliphatic rings. The molecule has 0 radical (unpaired) electrons. The minimum absolute atomic E-state index is 0.708. The second-order valence-corrected chi connectivity index (χ2v) is 1.58. The highest BCUT2D eigenvalue weighted by atomic mass is 19.4. The van der Waals surface area contributed by atoms with Crippen molar-refractivity contribution in [3.8, 4) is 0 Å². The zero-order valence-electron chi connectivity index (χ0n) is 5.20. The van der Waals surface area contributed by atoms with Crippen molar-refractivity contribution in [1.29, 1.82) is 0 Å². The molecular weight excluding hydrogens is 135 g/mol. The van der Waals surface area contributed by atoms with Gasteiger partial charge >= 0.3 is 6.18 Å². The van der Waals surface area contributed by atoms with Crippen molar-refractivity contribution in [2.24, 2.45) is 0 Å². The van der Waals surface area contributed by atoms with Crippen LogP contribution in [-0.4, -0.2) is 31.9 Å². The molecule has 0 saturated carbocycles. The minimum atomic E-state index is -4.18. The van der Waals surface area contributed by atoms with Gasteiger partial charge in [0.15, 0.2) is 0 Å². The number of hydroxylamine groups is 2. The fourth-order valence-electron chi connectivity index (χ4n) is 0.317. The molecule has 0 rings (SSSR count). The molecule has 0 unspecified atom stereocenters. The molecule has 0 saturated heterocycles. The molecule has 0 aromatic rings. The first-order chi connectivity index (χ1) is 3.95. The normalized spacial score (nSPS) is 12.7. The summed E-state index contributed by atoms with van der Waals surface area (Å²) in [7, 11) is 2.40. The highest BCUT2D eigenvalue weighted by Crippen LogP contribution is 2.14. The van der Waals surface area contributed by atoms with Gasteiger partial charge in [-0.25, -0.2) is 0 Å². The maximum atomic E-state index is 11.4. The first-order valence-corrected chi connectivity index (χ1v) is 2.27. The van der Waals surface area contributed by atoms with E-state index in [9.17, 15) is 13.2 Å². The Morgan fingerprint density at radius 3 is 2.00 bits per heavy atom. The zero-order valence-corrected chi connectivity index (χ0v) is 5.20. The van der Waals surface area contributed by atoms with Gasteiger partial charge < -0.3 is 4.84 Å². The van der Waals surface area contributed by atoms with E-state index in [4.69, 9.17) is 0 Å². The summed E-state index contributed by atoms with van der Waals surface area (Å²) in [5, 5.41) is 0.708. The third kappa shape index (κ3) is 5.58. The van der Waals surface area contributed by atoms with Crippen LogP contribution in [0.15, 0.2) is 0 Å². The Labute approximate surface area is 51.2 Å². The molecule has 0 amide bonds. The van der Waals surface area contributed by atoms with E-state index >= 15 is 0 Å². The molecule has 0 fully saturated rings. The second kappa shape index (κ2) is 3.03. The SMILES string of the molecule is CON(C)CC(F)(F)F. The van der Waals surface area contributed by atoms with E-state index in [0.717, 1.165) is 0 Å². The van der Waals surface area contributed by atoms with Crippen LogP contribution in [0, 0.1) is 0 Å². The summed E-state index contributed by atoms with van der Waals surface area (Å²) in [6, 6.07) is 0. The van der Waals surface area contributed by atoms with Crippen LogP contribution in [0.5, 0.6) is 0 Å². The van der Waals surface area contributed by atoms with Gasteiger partial charge in [0.2, 0.25) is 0 Å². The molecule has 9 heavy (non-hydrogen) atoms. The quantitative estimate of drug-likeness (QED) is 0.535. The van der Waals surface area contributed by atoms with Gasteiger partial charge in [-0.3, -0.25) is 0 Å². The molecule has 56 valence electrons. The van der Waals surface area contributed by atoms with Crippen LogP contribution in [0.25, 0.3) is 0 Å². The fraction of sp³-hybridized carbons (Fsp3) is 1.00. The Morgan fingerprint density at radius 1 is 1.44 bits per heavy atom. The maximum Gasteiger partial charge on any atom is 0.403 e. The minimum Gasteiger partial charge on any atom is -0.302 e. The van der Waals surface area contributed by atoms with Crippen molar-refractivity contribution in [1.82, 2.24) is 5.06 Å². The number of alkyl halides is 3. The van der Waals surface area contributed by atoms with E-state index in [-0.39, 0.29) is 0 Å². The van der Waals surface area contributed by atoms with Crippen LogP contribution >= 0.6 is 0 Å². The van der Waals surface area contributed by atoms with E-state index in [1.165, 1.54) is 14.2 Å². The standard InChI is InChI=1S/C4H8F3NO/c1-8(9-2)3-4(5,6)7/h3H2,1-2H3. The molecule has 0 spiro atoms. The third-order valence-corrected chi connectivity index (χ3v) is 0.714. The zero-order chi connectivity index (χ0) is 7.49. The molecule has 0 aromatic carbocycles. The van der Waals surface area contributed by atoms with Crippen molar-refractivity contribution < 1.29 is 18.0 Å². The number of halogens is 3. The molecule has 0 heterocycles.